The molecule has 1 N–H and O–H groups in total. The lowest BCUT2D eigenvalue weighted by atomic mass is 9.63. The van der Waals surface area contributed by atoms with Crippen molar-refractivity contribution in [1.82, 2.24) is 0 Å². The fourth-order valence-corrected chi connectivity index (χ4v) is 4.50. The van der Waals surface area contributed by atoms with Crippen LogP contribution in [0.4, 0.5) is 0 Å². The number of aliphatic hydroxyl groups excluding tert-OH is 1. The summed E-state index contributed by atoms with van der Waals surface area (Å²) >= 11 is 0. The van der Waals surface area contributed by atoms with Crippen LogP contribution in [0.2, 0.25) is 0 Å². The molecule has 1 aromatic carbocycles. The molecule has 0 fully saturated rings. The van der Waals surface area contributed by atoms with Gasteiger partial charge in [-0.1, -0.05) is 69.7 Å². The van der Waals surface area contributed by atoms with Gasteiger partial charge in [-0.25, -0.2) is 0 Å². The lowest BCUT2D eigenvalue weighted by molar-refractivity contribution is 0.332. The maximum atomic E-state index is 9.04. The minimum absolute atomic E-state index is 0.109. The van der Waals surface area contributed by atoms with Crippen LogP contribution in [0.15, 0.2) is 47.6 Å². The Morgan fingerprint density at radius 3 is 2.42 bits per heavy atom. The van der Waals surface area contributed by atoms with Crippen molar-refractivity contribution in [2.45, 2.75) is 77.6 Å². The van der Waals surface area contributed by atoms with Crippen molar-refractivity contribution in [3.63, 3.8) is 0 Å². The van der Waals surface area contributed by atoms with Gasteiger partial charge in [0.25, 0.3) is 0 Å². The van der Waals surface area contributed by atoms with E-state index in [1.807, 2.05) is 13.0 Å². The predicted molar refractivity (Wildman–Crippen MR) is 112 cm³/mol. The lowest BCUT2D eigenvalue weighted by Gasteiger charge is -2.42. The second-order valence-electron chi connectivity index (χ2n) is 9.35. The Morgan fingerprint density at radius 2 is 1.73 bits per heavy atom. The molecule has 0 aliphatic heterocycles. The van der Waals surface area contributed by atoms with Crippen LogP contribution in [0.1, 0.15) is 83.4 Å². The SMILES string of the molecule is CC(C=CC1=C(c2ccc3c(c2)C(C)(C)CCC3(C)C)CCC1)=CCO. The molecule has 3 rings (SSSR count). The molecule has 0 aromatic heterocycles. The Bertz CT molecular complexity index is 771. The lowest BCUT2D eigenvalue weighted by Crippen LogP contribution is -2.33. The Hall–Kier alpha value is -1.60. The molecule has 1 nitrogen and oxygen atoms in total. The van der Waals surface area contributed by atoms with Gasteiger partial charge in [-0.3, -0.25) is 0 Å². The van der Waals surface area contributed by atoms with Gasteiger partial charge in [-0.15, -0.1) is 0 Å². The summed E-state index contributed by atoms with van der Waals surface area (Å²) in [4.78, 5) is 0. The largest absolute Gasteiger partial charge is 0.392 e. The van der Waals surface area contributed by atoms with E-state index in [0.717, 1.165) is 12.0 Å². The average molecular weight is 351 g/mol. The summed E-state index contributed by atoms with van der Waals surface area (Å²) in [5.41, 5.74) is 9.14. The molecule has 140 valence electrons. The van der Waals surface area contributed by atoms with Gasteiger partial charge in [0, 0.05) is 0 Å². The molecular weight excluding hydrogens is 316 g/mol. The molecule has 0 saturated heterocycles. The number of aliphatic hydroxyl groups is 1. The third kappa shape index (κ3) is 3.74. The average Bonchev–Trinajstić information content (AvgIpc) is 3.06. The standard InChI is InChI=1S/C25H34O/c1-18(13-16-26)9-10-19-7-6-8-21(19)20-11-12-22-23(17-20)25(4,5)15-14-24(22,2)3/h9-13,17,26H,6-8,14-16H2,1-5H3. The fraction of sp³-hybridized carbons (Fsp3) is 0.520. The van der Waals surface area contributed by atoms with E-state index in [1.165, 1.54) is 48.0 Å². The summed E-state index contributed by atoms with van der Waals surface area (Å²) in [5.74, 6) is 0. The van der Waals surface area contributed by atoms with Crippen molar-refractivity contribution in [2.24, 2.45) is 0 Å². The van der Waals surface area contributed by atoms with Gasteiger partial charge >= 0.3 is 0 Å². The molecule has 0 heterocycles. The molecule has 0 saturated carbocycles. The zero-order valence-electron chi connectivity index (χ0n) is 17.2. The first-order valence-corrected chi connectivity index (χ1v) is 10.1. The van der Waals surface area contributed by atoms with Crippen molar-refractivity contribution < 1.29 is 5.11 Å². The summed E-state index contributed by atoms with van der Waals surface area (Å²) in [6, 6.07) is 7.24. The van der Waals surface area contributed by atoms with Gasteiger partial charge in [0.1, 0.15) is 0 Å². The van der Waals surface area contributed by atoms with E-state index in [-0.39, 0.29) is 17.4 Å². The van der Waals surface area contributed by atoms with E-state index in [0.29, 0.717) is 0 Å². The molecule has 1 heteroatoms. The summed E-state index contributed by atoms with van der Waals surface area (Å²) in [5, 5.41) is 9.04. The maximum absolute atomic E-state index is 9.04. The monoisotopic (exact) mass is 350 g/mol. The van der Waals surface area contributed by atoms with Gasteiger partial charge in [0.15, 0.2) is 0 Å². The molecule has 0 atom stereocenters. The van der Waals surface area contributed by atoms with Crippen molar-refractivity contribution in [3.8, 4) is 0 Å². The maximum Gasteiger partial charge on any atom is 0.0617 e. The first-order chi connectivity index (χ1) is 12.2. The van der Waals surface area contributed by atoms with E-state index in [9.17, 15) is 0 Å². The van der Waals surface area contributed by atoms with Crippen LogP contribution < -0.4 is 0 Å². The first-order valence-electron chi connectivity index (χ1n) is 10.1. The van der Waals surface area contributed by atoms with Crippen molar-refractivity contribution in [1.29, 1.82) is 0 Å². The molecule has 0 spiro atoms. The number of hydrogen-bond donors (Lipinski definition) is 1. The van der Waals surface area contributed by atoms with Crippen LogP contribution in [-0.4, -0.2) is 11.7 Å². The van der Waals surface area contributed by atoms with Crippen LogP contribution in [0, 0.1) is 0 Å². The van der Waals surface area contributed by atoms with Crippen molar-refractivity contribution in [3.05, 3.63) is 64.3 Å². The quantitative estimate of drug-likeness (QED) is 0.617. The Labute approximate surface area is 159 Å². The van der Waals surface area contributed by atoms with Crippen LogP contribution >= 0.6 is 0 Å². The summed E-state index contributed by atoms with van der Waals surface area (Å²) < 4.78 is 0. The minimum Gasteiger partial charge on any atom is -0.392 e. The smallest absolute Gasteiger partial charge is 0.0617 e. The highest BCUT2D eigenvalue weighted by atomic mass is 16.2. The number of hydrogen-bond acceptors (Lipinski definition) is 1. The van der Waals surface area contributed by atoms with Crippen LogP contribution in [0.25, 0.3) is 5.57 Å². The fourth-order valence-electron chi connectivity index (χ4n) is 4.50. The van der Waals surface area contributed by atoms with Gasteiger partial charge in [0.2, 0.25) is 0 Å². The summed E-state index contributed by atoms with van der Waals surface area (Å²) in [7, 11) is 0. The zero-order chi connectivity index (χ0) is 18.9. The van der Waals surface area contributed by atoms with Gasteiger partial charge in [-0.05, 0) is 77.7 Å². The highest BCUT2D eigenvalue weighted by Gasteiger charge is 2.37. The molecule has 0 unspecified atom stereocenters. The van der Waals surface area contributed by atoms with E-state index in [2.05, 4.69) is 58.0 Å². The second-order valence-corrected chi connectivity index (χ2v) is 9.35. The number of fused-ring (bicyclic) bond motifs is 1. The molecule has 0 radical (unpaired) electrons. The zero-order valence-corrected chi connectivity index (χ0v) is 17.2. The third-order valence-electron chi connectivity index (χ3n) is 6.42. The van der Waals surface area contributed by atoms with E-state index < -0.39 is 0 Å². The number of benzene rings is 1. The van der Waals surface area contributed by atoms with Gasteiger partial charge in [-0.2, -0.15) is 0 Å². The molecule has 26 heavy (non-hydrogen) atoms. The molecule has 0 bridgehead atoms. The highest BCUT2D eigenvalue weighted by molar-refractivity contribution is 5.74. The van der Waals surface area contributed by atoms with Crippen molar-refractivity contribution in [2.75, 3.05) is 6.61 Å². The minimum atomic E-state index is 0.109. The van der Waals surface area contributed by atoms with Crippen LogP contribution in [0.5, 0.6) is 0 Å². The summed E-state index contributed by atoms with van der Waals surface area (Å²) in [6.45, 7) is 11.7. The summed E-state index contributed by atoms with van der Waals surface area (Å²) in [6.07, 6.45) is 12.3. The van der Waals surface area contributed by atoms with E-state index in [4.69, 9.17) is 5.11 Å². The Balaban J connectivity index is 2.02. The van der Waals surface area contributed by atoms with Gasteiger partial charge < -0.3 is 5.11 Å². The molecule has 2 aliphatic rings. The Kier molecular flexibility index (Phi) is 5.30. The molecule has 0 amide bonds. The normalized spacial score (nSPS) is 22.2. The molecule has 1 aromatic rings. The third-order valence-corrected chi connectivity index (χ3v) is 6.42. The van der Waals surface area contributed by atoms with Gasteiger partial charge in [0.05, 0.1) is 6.61 Å². The first kappa shape index (κ1) is 19.2. The van der Waals surface area contributed by atoms with Crippen LogP contribution in [-0.2, 0) is 10.8 Å². The van der Waals surface area contributed by atoms with E-state index >= 15 is 0 Å². The molecular formula is C25H34O. The Morgan fingerprint density at radius 1 is 1.04 bits per heavy atom. The van der Waals surface area contributed by atoms with E-state index in [1.54, 1.807) is 5.56 Å². The predicted octanol–water partition coefficient (Wildman–Crippen LogP) is 6.47. The second kappa shape index (κ2) is 7.19. The van der Waals surface area contributed by atoms with Crippen LogP contribution in [0.3, 0.4) is 0 Å². The topological polar surface area (TPSA) is 20.2 Å². The highest BCUT2D eigenvalue weighted by Crippen LogP contribution is 2.47. The van der Waals surface area contributed by atoms with Crippen molar-refractivity contribution >= 4 is 5.57 Å². The number of rotatable bonds is 4. The molecule has 2 aliphatic carbocycles. The number of allylic oxidation sites excluding steroid dienone is 5.